The first-order valence-corrected chi connectivity index (χ1v) is 21.0. The van der Waals surface area contributed by atoms with Gasteiger partial charge in [0.05, 0.1) is 44.1 Å². The molecule has 5 aromatic rings. The van der Waals surface area contributed by atoms with Crippen LogP contribution >= 0.6 is 0 Å². The van der Waals surface area contributed by atoms with Crippen LogP contribution in [0.4, 0.5) is 11.6 Å². The van der Waals surface area contributed by atoms with Crippen LogP contribution < -0.4 is 21.1 Å². The number of hydrogen-bond donors (Lipinski definition) is 3. The largest absolute Gasteiger partial charge is 0.481 e. The van der Waals surface area contributed by atoms with Crippen molar-refractivity contribution in [3.63, 3.8) is 0 Å². The summed E-state index contributed by atoms with van der Waals surface area (Å²) in [5, 5.41) is 17.0. The molecule has 1 saturated carbocycles. The van der Waals surface area contributed by atoms with Gasteiger partial charge in [-0.3, -0.25) is 24.0 Å². The number of ether oxygens (including phenoxy) is 3. The first-order valence-electron chi connectivity index (χ1n) is 21.0. The molecule has 16 heteroatoms. The van der Waals surface area contributed by atoms with Gasteiger partial charge in [0.25, 0.3) is 0 Å². The van der Waals surface area contributed by atoms with E-state index < -0.39 is 11.9 Å². The summed E-state index contributed by atoms with van der Waals surface area (Å²) in [5.41, 5.74) is 5.34. The van der Waals surface area contributed by atoms with E-state index in [-0.39, 0.29) is 24.1 Å². The van der Waals surface area contributed by atoms with Gasteiger partial charge in [0.1, 0.15) is 11.7 Å². The fourth-order valence-electron chi connectivity index (χ4n) is 8.94. The number of pyridine rings is 1. The molecular weight excluding hydrogens is 755 g/mol. The van der Waals surface area contributed by atoms with Crippen LogP contribution in [0.2, 0.25) is 0 Å². The summed E-state index contributed by atoms with van der Waals surface area (Å²) in [6.45, 7) is 5.22. The maximum atomic E-state index is 13.1. The van der Waals surface area contributed by atoms with Crippen LogP contribution in [0.3, 0.4) is 0 Å². The van der Waals surface area contributed by atoms with E-state index in [1.807, 2.05) is 36.5 Å². The molecule has 3 aliphatic rings. The van der Waals surface area contributed by atoms with Gasteiger partial charge < -0.3 is 34.1 Å². The minimum absolute atomic E-state index is 0.216. The van der Waals surface area contributed by atoms with Crippen LogP contribution in [0.1, 0.15) is 86.9 Å². The molecule has 1 unspecified atom stereocenters. The average Bonchev–Trinajstić information content (AvgIpc) is 3.74. The standard InChI is InChI=1S/C43H55N9O7/c1-49-37-24-28(5-10-35(37)52(43(49)56)36-11-12-38(54)47-41(36)55)4-3-20-58-22-23-59-21-19-50-17-14-29(15-18-50)34-27-51(31-6-8-32(53)9-7-31)40-33(34)26-45-42(48-40)46-30-13-16-44-39(25-30)57-2/h5,10,13,16,24-27,29,31-32,36,53H,3-4,6-9,11-12,14-15,17-23H2,1-2H3,(H,47,54,55)(H,44,45,46,48). The van der Waals surface area contributed by atoms with E-state index in [1.54, 1.807) is 24.9 Å². The molecule has 3 N–H and O–H groups in total. The number of methoxy groups -OCH3 is 1. The molecule has 1 atom stereocenters. The number of rotatable bonds is 16. The smallest absolute Gasteiger partial charge is 0.329 e. The number of piperidine rings is 2. The Kier molecular flexibility index (Phi) is 12.7. The van der Waals surface area contributed by atoms with Gasteiger partial charge in [0.2, 0.25) is 23.6 Å². The highest BCUT2D eigenvalue weighted by atomic mass is 16.5. The van der Waals surface area contributed by atoms with E-state index in [0.717, 1.165) is 98.8 Å². The molecule has 4 aromatic heterocycles. The number of aryl methyl sites for hydroxylation is 2. The lowest BCUT2D eigenvalue weighted by atomic mass is 9.90. The van der Waals surface area contributed by atoms with E-state index in [0.29, 0.717) is 62.2 Å². The number of likely N-dealkylation sites (tertiary alicyclic amines) is 1. The van der Waals surface area contributed by atoms with Gasteiger partial charge in [-0.25, -0.2) is 14.8 Å². The van der Waals surface area contributed by atoms with Crippen molar-refractivity contribution in [1.29, 1.82) is 0 Å². The Morgan fingerprint density at radius 3 is 2.49 bits per heavy atom. The summed E-state index contributed by atoms with van der Waals surface area (Å²) in [7, 11) is 3.30. The number of aromatic nitrogens is 6. The van der Waals surface area contributed by atoms with Crippen molar-refractivity contribution in [1.82, 2.24) is 38.9 Å². The third-order valence-corrected chi connectivity index (χ3v) is 12.2. The minimum Gasteiger partial charge on any atom is -0.481 e. The first kappa shape index (κ1) is 40.6. The molecule has 2 amide bonds. The average molecular weight is 810 g/mol. The quantitative estimate of drug-likeness (QED) is 0.0939. The van der Waals surface area contributed by atoms with Crippen molar-refractivity contribution >= 4 is 45.5 Å². The van der Waals surface area contributed by atoms with Crippen molar-refractivity contribution in [2.45, 2.75) is 88.3 Å². The third kappa shape index (κ3) is 9.20. The summed E-state index contributed by atoms with van der Waals surface area (Å²) < 4.78 is 22.5. The maximum absolute atomic E-state index is 13.1. The van der Waals surface area contributed by atoms with Crippen molar-refractivity contribution in [2.24, 2.45) is 7.05 Å². The normalized spacial score (nSPS) is 20.7. The molecule has 2 saturated heterocycles. The van der Waals surface area contributed by atoms with Gasteiger partial charge >= 0.3 is 5.69 Å². The Labute approximate surface area is 342 Å². The highest BCUT2D eigenvalue weighted by molar-refractivity contribution is 6.00. The monoisotopic (exact) mass is 809 g/mol. The number of anilines is 2. The number of aliphatic hydroxyl groups is 1. The van der Waals surface area contributed by atoms with E-state index in [9.17, 15) is 19.5 Å². The minimum atomic E-state index is -0.688. The molecule has 59 heavy (non-hydrogen) atoms. The second-order valence-corrected chi connectivity index (χ2v) is 16.0. The van der Waals surface area contributed by atoms with Gasteiger partial charge in [-0.1, -0.05) is 6.07 Å². The number of imidazole rings is 1. The van der Waals surface area contributed by atoms with E-state index in [4.69, 9.17) is 24.2 Å². The summed E-state index contributed by atoms with van der Waals surface area (Å²) in [4.78, 5) is 53.6. The summed E-state index contributed by atoms with van der Waals surface area (Å²) in [6.07, 6.45) is 13.5. The topological polar surface area (TPSA) is 180 Å². The summed E-state index contributed by atoms with van der Waals surface area (Å²) in [6, 6.07) is 9.17. The fourth-order valence-corrected chi connectivity index (χ4v) is 8.94. The summed E-state index contributed by atoms with van der Waals surface area (Å²) in [5.74, 6) is 0.726. The molecule has 2 aliphatic heterocycles. The van der Waals surface area contributed by atoms with Crippen molar-refractivity contribution in [3.8, 4) is 5.88 Å². The molecule has 0 radical (unpaired) electrons. The number of imide groups is 1. The zero-order valence-corrected chi connectivity index (χ0v) is 34.0. The number of nitrogens with one attached hydrogen (secondary N) is 2. The molecule has 8 rings (SSSR count). The van der Waals surface area contributed by atoms with E-state index >= 15 is 0 Å². The third-order valence-electron chi connectivity index (χ3n) is 12.2. The van der Waals surface area contributed by atoms with Crippen LogP contribution in [0.25, 0.3) is 22.1 Å². The number of carbonyl (C=O) groups is 2. The molecule has 3 fully saturated rings. The van der Waals surface area contributed by atoms with E-state index in [1.165, 1.54) is 10.1 Å². The van der Waals surface area contributed by atoms with Gasteiger partial charge in [0.15, 0.2) is 0 Å². The highest BCUT2D eigenvalue weighted by Gasteiger charge is 2.32. The number of benzene rings is 1. The molecular formula is C43H55N9O7. The number of aliphatic hydroxyl groups excluding tert-OH is 1. The predicted molar refractivity (Wildman–Crippen MR) is 222 cm³/mol. The molecule has 1 aromatic carbocycles. The second kappa shape index (κ2) is 18.4. The second-order valence-electron chi connectivity index (χ2n) is 16.0. The van der Waals surface area contributed by atoms with Gasteiger partial charge in [0, 0.05) is 68.4 Å². The van der Waals surface area contributed by atoms with Gasteiger partial charge in [-0.15, -0.1) is 0 Å². The fraction of sp³-hybridized carbons (Fsp3) is 0.535. The first-order chi connectivity index (χ1) is 28.7. The van der Waals surface area contributed by atoms with Crippen molar-refractivity contribution < 1.29 is 28.9 Å². The predicted octanol–water partition coefficient (Wildman–Crippen LogP) is 4.53. The van der Waals surface area contributed by atoms with E-state index in [2.05, 4.69) is 31.3 Å². The highest BCUT2D eigenvalue weighted by Crippen LogP contribution is 2.38. The molecule has 0 spiro atoms. The Morgan fingerprint density at radius 1 is 0.915 bits per heavy atom. The SMILES string of the molecule is COc1cc(Nc2ncc3c(C4CCN(CCOCCOCCCc5ccc6c(c5)n(C)c(=O)n6C5CCC(=O)NC5=O)CC4)cn(C4CCC(O)CC4)c3n2)ccn1. The van der Waals surface area contributed by atoms with Crippen LogP contribution in [0.5, 0.6) is 5.88 Å². The number of hydrogen-bond acceptors (Lipinski definition) is 12. The number of carbonyl (C=O) groups excluding carboxylic acids is 2. The Morgan fingerprint density at radius 2 is 1.71 bits per heavy atom. The molecule has 16 nitrogen and oxygen atoms in total. The van der Waals surface area contributed by atoms with Crippen molar-refractivity contribution in [2.75, 3.05) is 58.5 Å². The molecule has 6 heterocycles. The van der Waals surface area contributed by atoms with Crippen molar-refractivity contribution in [3.05, 3.63) is 70.5 Å². The van der Waals surface area contributed by atoms with Gasteiger partial charge in [-0.2, -0.15) is 4.98 Å². The van der Waals surface area contributed by atoms with Crippen LogP contribution in [-0.4, -0.2) is 110 Å². The molecule has 314 valence electrons. The van der Waals surface area contributed by atoms with Gasteiger partial charge in [-0.05, 0) is 106 Å². The molecule has 1 aliphatic carbocycles. The van der Waals surface area contributed by atoms with Crippen LogP contribution in [0, 0.1) is 0 Å². The van der Waals surface area contributed by atoms with Crippen LogP contribution in [-0.2, 0) is 32.5 Å². The zero-order chi connectivity index (χ0) is 40.9. The Balaban J connectivity index is 0.772. The lowest BCUT2D eigenvalue weighted by Gasteiger charge is -2.32. The molecule has 0 bridgehead atoms. The Hall–Kier alpha value is -5.16. The summed E-state index contributed by atoms with van der Waals surface area (Å²) >= 11 is 0. The van der Waals surface area contributed by atoms with Crippen LogP contribution in [0.15, 0.2) is 53.7 Å². The lowest BCUT2D eigenvalue weighted by molar-refractivity contribution is -0.135. The zero-order valence-electron chi connectivity index (χ0n) is 34.0. The number of nitrogens with zero attached hydrogens (tertiary/aromatic N) is 7. The maximum Gasteiger partial charge on any atom is 0.329 e. The lowest BCUT2D eigenvalue weighted by Crippen LogP contribution is -2.44. The Bertz CT molecular complexity index is 2320. The number of amides is 2. The number of fused-ring (bicyclic) bond motifs is 2.